The normalized spacial score (nSPS) is 28.0. The van der Waals surface area contributed by atoms with Crippen molar-refractivity contribution in [2.45, 2.75) is 92.5 Å². The Balaban J connectivity index is 3.52. The molecule has 3 atom stereocenters. The zero-order valence-corrected chi connectivity index (χ0v) is 19.7. The summed E-state index contributed by atoms with van der Waals surface area (Å²) < 4.78 is 11.7. The van der Waals surface area contributed by atoms with Crippen molar-refractivity contribution in [2.24, 2.45) is 5.92 Å². The van der Waals surface area contributed by atoms with Gasteiger partial charge in [0.05, 0.1) is 11.5 Å². The summed E-state index contributed by atoms with van der Waals surface area (Å²) in [5.74, 6) is -1.52. The first-order valence-electron chi connectivity index (χ1n) is 10.6. The third-order valence-electron chi connectivity index (χ3n) is 5.59. The standard InChI is InChI=1S/C25H38O5/c1-9-18(5)23(26)29-20-14-16(3)12-11-13-17(4)15-21(22(20)25(7,8)28)30-24(27)19(6)10-2/h9-10,12,15,20-22,28H,11,13-14H2,1-8H3/b16-12+,17-15+,18-9+,19-10-/t20-,21+,22+/m0/s1. The minimum Gasteiger partial charge on any atom is -0.458 e. The van der Waals surface area contributed by atoms with Crippen molar-refractivity contribution in [1.82, 2.24) is 0 Å². The summed E-state index contributed by atoms with van der Waals surface area (Å²) >= 11 is 0. The van der Waals surface area contributed by atoms with Crippen molar-refractivity contribution < 1.29 is 24.2 Å². The van der Waals surface area contributed by atoms with Crippen molar-refractivity contribution in [3.05, 3.63) is 46.6 Å². The fraction of sp³-hybridized carbons (Fsp3) is 0.600. The molecular weight excluding hydrogens is 380 g/mol. The Hall–Kier alpha value is -2.14. The molecule has 0 spiro atoms. The number of carbonyl (C=O) groups excluding carboxylic acids is 2. The predicted molar refractivity (Wildman–Crippen MR) is 120 cm³/mol. The number of hydrogen-bond acceptors (Lipinski definition) is 5. The van der Waals surface area contributed by atoms with Gasteiger partial charge in [-0.1, -0.05) is 29.4 Å². The highest BCUT2D eigenvalue weighted by atomic mass is 16.6. The number of hydrogen-bond donors (Lipinski definition) is 1. The first-order chi connectivity index (χ1) is 13.9. The fourth-order valence-corrected chi connectivity index (χ4v) is 3.51. The van der Waals surface area contributed by atoms with Crippen molar-refractivity contribution in [3.8, 4) is 0 Å². The first kappa shape index (κ1) is 25.9. The van der Waals surface area contributed by atoms with Gasteiger partial charge in [0, 0.05) is 17.6 Å². The summed E-state index contributed by atoms with van der Waals surface area (Å²) in [7, 11) is 0. The van der Waals surface area contributed by atoms with Crippen LogP contribution in [0.15, 0.2) is 46.6 Å². The second kappa shape index (κ2) is 11.3. The predicted octanol–water partition coefficient (Wildman–Crippen LogP) is 5.21. The largest absolute Gasteiger partial charge is 0.458 e. The molecule has 1 aliphatic carbocycles. The van der Waals surface area contributed by atoms with Gasteiger partial charge in [-0.05, 0) is 74.3 Å². The van der Waals surface area contributed by atoms with Gasteiger partial charge in [0.2, 0.25) is 0 Å². The van der Waals surface area contributed by atoms with Gasteiger partial charge in [-0.2, -0.15) is 0 Å². The Labute approximate surface area is 181 Å². The van der Waals surface area contributed by atoms with Crippen LogP contribution in [0.4, 0.5) is 0 Å². The number of rotatable bonds is 5. The molecule has 1 rings (SSSR count). The van der Waals surface area contributed by atoms with Gasteiger partial charge >= 0.3 is 11.9 Å². The van der Waals surface area contributed by atoms with Crippen molar-refractivity contribution in [3.63, 3.8) is 0 Å². The lowest BCUT2D eigenvalue weighted by Crippen LogP contribution is -2.49. The van der Waals surface area contributed by atoms with E-state index in [1.807, 2.05) is 19.9 Å². The summed E-state index contributed by atoms with van der Waals surface area (Å²) in [6, 6.07) is 0. The number of aliphatic hydroxyl groups is 1. The Morgan fingerprint density at radius 1 is 1.03 bits per heavy atom. The van der Waals surface area contributed by atoms with Gasteiger partial charge in [-0.3, -0.25) is 0 Å². The van der Waals surface area contributed by atoms with Crippen molar-refractivity contribution >= 4 is 11.9 Å². The molecule has 5 heteroatoms. The Kier molecular flexibility index (Phi) is 9.76. The molecule has 0 heterocycles. The highest BCUT2D eigenvalue weighted by Gasteiger charge is 2.43. The third kappa shape index (κ3) is 7.60. The van der Waals surface area contributed by atoms with E-state index in [9.17, 15) is 14.7 Å². The van der Waals surface area contributed by atoms with Crippen LogP contribution >= 0.6 is 0 Å². The van der Waals surface area contributed by atoms with Crippen LogP contribution in [0.3, 0.4) is 0 Å². The maximum atomic E-state index is 12.6. The molecule has 0 bridgehead atoms. The molecule has 0 radical (unpaired) electrons. The van der Waals surface area contributed by atoms with Gasteiger partial charge in [0.1, 0.15) is 12.2 Å². The molecular formula is C25H38O5. The van der Waals surface area contributed by atoms with E-state index in [2.05, 4.69) is 6.08 Å². The highest BCUT2D eigenvalue weighted by Crippen LogP contribution is 2.34. The van der Waals surface area contributed by atoms with E-state index in [0.717, 1.165) is 24.0 Å². The number of ether oxygens (including phenoxy) is 2. The van der Waals surface area contributed by atoms with Crippen molar-refractivity contribution in [2.75, 3.05) is 0 Å². The quantitative estimate of drug-likeness (QED) is 0.377. The average molecular weight is 419 g/mol. The topological polar surface area (TPSA) is 72.8 Å². The Morgan fingerprint density at radius 2 is 1.57 bits per heavy atom. The van der Waals surface area contributed by atoms with Gasteiger partial charge in [-0.25, -0.2) is 9.59 Å². The molecule has 0 aliphatic heterocycles. The van der Waals surface area contributed by atoms with Crippen LogP contribution in [0, 0.1) is 5.92 Å². The van der Waals surface area contributed by atoms with E-state index in [1.54, 1.807) is 53.7 Å². The van der Waals surface area contributed by atoms with E-state index >= 15 is 0 Å². The number of esters is 2. The zero-order valence-electron chi connectivity index (χ0n) is 19.7. The Bertz CT molecular complexity index is 746. The van der Waals surface area contributed by atoms with E-state index < -0.39 is 35.7 Å². The summed E-state index contributed by atoms with van der Waals surface area (Å²) in [6.45, 7) is 14.3. The van der Waals surface area contributed by atoms with Crippen molar-refractivity contribution in [1.29, 1.82) is 0 Å². The lowest BCUT2D eigenvalue weighted by Gasteiger charge is -2.40. The molecule has 0 saturated heterocycles. The van der Waals surface area contributed by atoms with E-state index in [-0.39, 0.29) is 0 Å². The average Bonchev–Trinajstić information content (AvgIpc) is 2.64. The lowest BCUT2D eigenvalue weighted by atomic mass is 9.78. The second-order valence-electron chi connectivity index (χ2n) is 8.74. The van der Waals surface area contributed by atoms with E-state index in [0.29, 0.717) is 17.6 Å². The summed E-state index contributed by atoms with van der Waals surface area (Å²) in [5.41, 5.74) is 1.85. The van der Waals surface area contributed by atoms with Crippen LogP contribution in [-0.4, -0.2) is 34.9 Å². The maximum absolute atomic E-state index is 12.6. The SMILES string of the molecule is C/C=C(/C)C(=O)O[C@@H]1/C=C(\C)CC/C=C(\C)C[C@H](OC(=O)/C(C)=C/C)[C@H]1C(C)(C)O. The third-order valence-corrected chi connectivity index (χ3v) is 5.59. The molecule has 1 aliphatic rings. The molecule has 0 aromatic carbocycles. The second-order valence-corrected chi connectivity index (χ2v) is 8.74. The minimum absolute atomic E-state index is 0.433. The van der Waals surface area contributed by atoms with Gasteiger partial charge in [-0.15, -0.1) is 0 Å². The van der Waals surface area contributed by atoms with E-state index in [4.69, 9.17) is 9.47 Å². The fourth-order valence-electron chi connectivity index (χ4n) is 3.51. The smallest absolute Gasteiger partial charge is 0.333 e. The monoisotopic (exact) mass is 418 g/mol. The number of allylic oxidation sites excluding steroid dienone is 4. The zero-order chi connectivity index (χ0) is 23.1. The van der Waals surface area contributed by atoms with E-state index in [1.165, 1.54) is 0 Å². The van der Waals surface area contributed by atoms with Gasteiger partial charge in [0.15, 0.2) is 0 Å². The molecule has 30 heavy (non-hydrogen) atoms. The van der Waals surface area contributed by atoms with Gasteiger partial charge in [0.25, 0.3) is 0 Å². The van der Waals surface area contributed by atoms with Crippen LogP contribution in [0.2, 0.25) is 0 Å². The molecule has 5 nitrogen and oxygen atoms in total. The van der Waals surface area contributed by atoms with Gasteiger partial charge < -0.3 is 14.6 Å². The van der Waals surface area contributed by atoms with Crippen LogP contribution in [0.5, 0.6) is 0 Å². The molecule has 0 aromatic rings. The summed E-state index contributed by atoms with van der Waals surface area (Å²) in [4.78, 5) is 25.2. The molecule has 1 N–H and O–H groups in total. The first-order valence-corrected chi connectivity index (χ1v) is 10.6. The molecule has 0 saturated carbocycles. The summed E-state index contributed by atoms with van der Waals surface area (Å²) in [5, 5.41) is 11.1. The molecule has 0 fully saturated rings. The Morgan fingerprint density at radius 3 is 2.07 bits per heavy atom. The lowest BCUT2D eigenvalue weighted by molar-refractivity contribution is -0.166. The summed E-state index contributed by atoms with van der Waals surface area (Å²) in [6.07, 6.45) is 8.16. The minimum atomic E-state index is -1.26. The highest BCUT2D eigenvalue weighted by molar-refractivity contribution is 5.88. The molecule has 0 aromatic heterocycles. The van der Waals surface area contributed by atoms with Crippen LogP contribution in [0.1, 0.15) is 74.7 Å². The van der Waals surface area contributed by atoms with Crippen LogP contribution in [0.25, 0.3) is 0 Å². The molecule has 0 unspecified atom stereocenters. The number of carbonyl (C=O) groups is 2. The molecule has 168 valence electrons. The van der Waals surface area contributed by atoms with Crippen LogP contribution < -0.4 is 0 Å². The maximum Gasteiger partial charge on any atom is 0.333 e. The molecule has 0 amide bonds. The van der Waals surface area contributed by atoms with Crippen LogP contribution in [-0.2, 0) is 19.1 Å².